The summed E-state index contributed by atoms with van der Waals surface area (Å²) >= 11 is 0. The lowest BCUT2D eigenvalue weighted by Crippen LogP contribution is -2.27. The third-order valence-electron chi connectivity index (χ3n) is 3.67. The van der Waals surface area contributed by atoms with E-state index in [-0.39, 0.29) is 49.6 Å². The molecule has 2 N–H and O–H groups in total. The molecule has 0 bridgehead atoms. The molecule has 1 aliphatic heterocycles. The third-order valence-corrected chi connectivity index (χ3v) is 3.67. The Labute approximate surface area is 144 Å². The molecule has 1 aromatic heterocycles. The molecular formula is C15H18ClF2N5O. The van der Waals surface area contributed by atoms with Gasteiger partial charge in [-0.25, -0.2) is 8.78 Å². The summed E-state index contributed by atoms with van der Waals surface area (Å²) in [6.45, 7) is 0.328. The van der Waals surface area contributed by atoms with E-state index in [1.54, 1.807) is 0 Å². The van der Waals surface area contributed by atoms with Crippen molar-refractivity contribution in [3.8, 4) is 0 Å². The number of benzene rings is 1. The molecule has 9 heteroatoms. The van der Waals surface area contributed by atoms with Gasteiger partial charge in [-0.1, -0.05) is 35.5 Å². The van der Waals surface area contributed by atoms with Crippen LogP contribution in [0, 0.1) is 0 Å². The van der Waals surface area contributed by atoms with Gasteiger partial charge in [0.25, 0.3) is 11.8 Å². The molecule has 130 valence electrons. The second kappa shape index (κ2) is 7.67. The average molecular weight is 358 g/mol. The highest BCUT2D eigenvalue weighted by Crippen LogP contribution is 2.25. The Bertz CT molecular complexity index is 680. The van der Waals surface area contributed by atoms with Crippen molar-refractivity contribution in [1.29, 1.82) is 0 Å². The monoisotopic (exact) mass is 357 g/mol. The van der Waals surface area contributed by atoms with Crippen LogP contribution < -0.4 is 10.6 Å². The van der Waals surface area contributed by atoms with Crippen molar-refractivity contribution in [2.75, 3.05) is 6.54 Å². The highest BCUT2D eigenvalue weighted by atomic mass is 35.5. The number of carbonyl (C=O) groups is 1. The molecular weight excluding hydrogens is 340 g/mol. The van der Waals surface area contributed by atoms with Gasteiger partial charge in [0.05, 0.1) is 19.3 Å². The Morgan fingerprint density at radius 2 is 2.12 bits per heavy atom. The molecule has 6 nitrogen and oxygen atoms in total. The number of halogens is 3. The first-order chi connectivity index (χ1) is 11.0. The maximum absolute atomic E-state index is 13.1. The van der Waals surface area contributed by atoms with Gasteiger partial charge in [0, 0.05) is 19.0 Å². The fourth-order valence-corrected chi connectivity index (χ4v) is 2.51. The molecule has 1 aliphatic rings. The molecule has 1 amide bonds. The van der Waals surface area contributed by atoms with E-state index in [0.29, 0.717) is 6.54 Å². The fourth-order valence-electron chi connectivity index (χ4n) is 2.51. The average Bonchev–Trinajstić information content (AvgIpc) is 3.13. The lowest BCUT2D eigenvalue weighted by Gasteiger charge is -2.09. The lowest BCUT2D eigenvalue weighted by atomic mass is 10.2. The number of carbonyl (C=O) groups excluding carboxylic acids is 1. The van der Waals surface area contributed by atoms with Gasteiger partial charge in [0.15, 0.2) is 5.69 Å². The normalized spacial score (nSPS) is 18.8. The molecule has 3 rings (SSSR count). The molecule has 1 unspecified atom stereocenters. The van der Waals surface area contributed by atoms with Crippen LogP contribution in [0.1, 0.15) is 22.5 Å². The number of nitrogens with zero attached hydrogens (tertiary/aromatic N) is 3. The summed E-state index contributed by atoms with van der Waals surface area (Å²) in [5.74, 6) is -3.02. The third kappa shape index (κ3) is 4.72. The number of aromatic nitrogens is 3. The SMILES string of the molecule is Cl.O=C(NCc1ccccc1)c1cn(CC2CC(F)(F)CN2)nn1. The van der Waals surface area contributed by atoms with Gasteiger partial charge in [0.1, 0.15) is 0 Å². The summed E-state index contributed by atoms with van der Waals surface area (Å²) in [4.78, 5) is 12.0. The van der Waals surface area contributed by atoms with Gasteiger partial charge in [-0.2, -0.15) is 0 Å². The topological polar surface area (TPSA) is 71.8 Å². The highest BCUT2D eigenvalue weighted by Gasteiger charge is 2.39. The number of alkyl halides is 2. The van der Waals surface area contributed by atoms with E-state index in [0.717, 1.165) is 5.56 Å². The summed E-state index contributed by atoms with van der Waals surface area (Å²) in [6, 6.07) is 9.13. The van der Waals surface area contributed by atoms with Crippen LogP contribution in [-0.4, -0.2) is 39.4 Å². The van der Waals surface area contributed by atoms with E-state index in [9.17, 15) is 13.6 Å². The Kier molecular flexibility index (Phi) is 5.84. The first-order valence-electron chi connectivity index (χ1n) is 7.35. The van der Waals surface area contributed by atoms with E-state index in [1.807, 2.05) is 30.3 Å². The van der Waals surface area contributed by atoms with Crippen LogP contribution in [-0.2, 0) is 13.1 Å². The van der Waals surface area contributed by atoms with Crippen molar-refractivity contribution in [2.24, 2.45) is 0 Å². The van der Waals surface area contributed by atoms with Gasteiger partial charge in [-0.3, -0.25) is 9.48 Å². The summed E-state index contributed by atoms with van der Waals surface area (Å²) < 4.78 is 27.7. The molecule has 0 spiro atoms. The number of nitrogens with one attached hydrogen (secondary N) is 2. The Hall–Kier alpha value is -2.06. The fraction of sp³-hybridized carbons (Fsp3) is 0.400. The summed E-state index contributed by atoms with van der Waals surface area (Å²) in [5.41, 5.74) is 1.15. The molecule has 1 aromatic carbocycles. The lowest BCUT2D eigenvalue weighted by molar-refractivity contribution is 0.0205. The van der Waals surface area contributed by atoms with Crippen LogP contribution in [0.4, 0.5) is 8.78 Å². The quantitative estimate of drug-likeness (QED) is 0.853. The van der Waals surface area contributed by atoms with Crippen LogP contribution in [0.5, 0.6) is 0 Å². The van der Waals surface area contributed by atoms with E-state index in [4.69, 9.17) is 0 Å². The van der Waals surface area contributed by atoms with Crippen molar-refractivity contribution in [3.05, 3.63) is 47.8 Å². The van der Waals surface area contributed by atoms with Gasteiger partial charge >= 0.3 is 0 Å². The van der Waals surface area contributed by atoms with Crippen LogP contribution in [0.2, 0.25) is 0 Å². The highest BCUT2D eigenvalue weighted by molar-refractivity contribution is 5.91. The van der Waals surface area contributed by atoms with Crippen molar-refractivity contribution >= 4 is 18.3 Å². The Morgan fingerprint density at radius 1 is 1.38 bits per heavy atom. The molecule has 0 radical (unpaired) electrons. The second-order valence-corrected chi connectivity index (χ2v) is 5.63. The number of hydrogen-bond acceptors (Lipinski definition) is 4. The molecule has 24 heavy (non-hydrogen) atoms. The maximum Gasteiger partial charge on any atom is 0.273 e. The molecule has 1 atom stereocenters. The van der Waals surface area contributed by atoms with Crippen LogP contribution in [0.25, 0.3) is 0 Å². The van der Waals surface area contributed by atoms with Crippen molar-refractivity contribution in [3.63, 3.8) is 0 Å². The first-order valence-corrected chi connectivity index (χ1v) is 7.35. The maximum atomic E-state index is 13.1. The number of hydrogen-bond donors (Lipinski definition) is 2. The Balaban J connectivity index is 0.00000208. The molecule has 2 heterocycles. The largest absolute Gasteiger partial charge is 0.347 e. The van der Waals surface area contributed by atoms with Crippen molar-refractivity contribution in [1.82, 2.24) is 25.6 Å². The predicted octanol–water partition coefficient (Wildman–Crippen LogP) is 1.63. The molecule has 1 fully saturated rings. The molecule has 0 saturated carbocycles. The summed E-state index contributed by atoms with van der Waals surface area (Å²) in [5, 5.41) is 13.1. The van der Waals surface area contributed by atoms with Gasteiger partial charge in [-0.05, 0) is 5.56 Å². The van der Waals surface area contributed by atoms with Crippen LogP contribution in [0.15, 0.2) is 36.5 Å². The van der Waals surface area contributed by atoms with Crippen LogP contribution in [0.3, 0.4) is 0 Å². The standard InChI is InChI=1S/C15H17F2N5O.ClH/c16-15(17)6-12(19-10-15)8-22-9-13(20-21-22)14(23)18-7-11-4-2-1-3-5-11;/h1-5,9,12,19H,6-8,10H2,(H,18,23);1H. The first kappa shape index (κ1) is 18.3. The minimum atomic E-state index is -2.68. The summed E-state index contributed by atoms with van der Waals surface area (Å²) in [7, 11) is 0. The molecule has 1 saturated heterocycles. The zero-order valence-electron chi connectivity index (χ0n) is 12.8. The van der Waals surface area contributed by atoms with Gasteiger partial charge < -0.3 is 10.6 Å². The summed E-state index contributed by atoms with van der Waals surface area (Å²) in [6.07, 6.45) is 1.24. The molecule has 2 aromatic rings. The van der Waals surface area contributed by atoms with Crippen molar-refractivity contribution in [2.45, 2.75) is 31.5 Å². The van der Waals surface area contributed by atoms with Crippen molar-refractivity contribution < 1.29 is 13.6 Å². The van der Waals surface area contributed by atoms with E-state index < -0.39 is 5.92 Å². The van der Waals surface area contributed by atoms with Gasteiger partial charge in [-0.15, -0.1) is 17.5 Å². The zero-order chi connectivity index (χ0) is 16.3. The smallest absolute Gasteiger partial charge is 0.273 e. The van der Waals surface area contributed by atoms with E-state index >= 15 is 0 Å². The zero-order valence-corrected chi connectivity index (χ0v) is 13.6. The van der Waals surface area contributed by atoms with E-state index in [1.165, 1.54) is 10.9 Å². The van der Waals surface area contributed by atoms with Crippen LogP contribution >= 0.6 is 12.4 Å². The molecule has 0 aliphatic carbocycles. The number of rotatable bonds is 5. The minimum absolute atomic E-state index is 0. The predicted molar refractivity (Wildman–Crippen MR) is 86.2 cm³/mol. The second-order valence-electron chi connectivity index (χ2n) is 5.63. The Morgan fingerprint density at radius 3 is 2.79 bits per heavy atom. The minimum Gasteiger partial charge on any atom is -0.347 e. The van der Waals surface area contributed by atoms with Gasteiger partial charge in [0.2, 0.25) is 0 Å². The number of amides is 1. The van der Waals surface area contributed by atoms with E-state index in [2.05, 4.69) is 20.9 Å².